The maximum Gasteiger partial charge on any atom is 0.248 e. The Labute approximate surface area is 215 Å². The van der Waals surface area contributed by atoms with Gasteiger partial charge in [0.2, 0.25) is 5.91 Å². The molecule has 6 rings (SSSR count). The summed E-state index contributed by atoms with van der Waals surface area (Å²) < 4.78 is 1.83. The summed E-state index contributed by atoms with van der Waals surface area (Å²) >= 11 is 0. The molecule has 0 bridgehead atoms. The standard InChI is InChI=1S/C29H25N5O.ClH/c30-28(35)22-9-4-8-21(16-22)25-18-32-26-17-24(19-6-2-1-3-7-19)27(33-34(25)26)20-10-12-23(13-11-20)29(31)14-5-15-29;/h1-4,6-13,16-18H,5,14-15,31H2,(H2,30,35);1H. The highest BCUT2D eigenvalue weighted by Gasteiger charge is 2.34. The number of fused-ring (bicyclic) bond motifs is 1. The van der Waals surface area contributed by atoms with E-state index in [4.69, 9.17) is 16.6 Å². The van der Waals surface area contributed by atoms with Gasteiger partial charge >= 0.3 is 0 Å². The largest absolute Gasteiger partial charge is 0.366 e. The molecule has 1 fully saturated rings. The normalized spacial score (nSPS) is 14.1. The number of nitrogens with zero attached hydrogens (tertiary/aromatic N) is 3. The lowest BCUT2D eigenvalue weighted by atomic mass is 9.72. The van der Waals surface area contributed by atoms with E-state index in [0.717, 1.165) is 52.1 Å². The number of hydrogen-bond acceptors (Lipinski definition) is 4. The van der Waals surface area contributed by atoms with Crippen molar-refractivity contribution < 1.29 is 4.79 Å². The van der Waals surface area contributed by atoms with Crippen molar-refractivity contribution in [3.8, 4) is 33.6 Å². The number of halogens is 1. The van der Waals surface area contributed by atoms with E-state index < -0.39 is 5.91 Å². The molecule has 2 aromatic heterocycles. The number of carbonyl (C=O) groups is 1. The lowest BCUT2D eigenvalue weighted by molar-refractivity contribution is 0.100. The van der Waals surface area contributed by atoms with Crippen LogP contribution in [0.3, 0.4) is 0 Å². The van der Waals surface area contributed by atoms with Gasteiger partial charge in [-0.25, -0.2) is 9.50 Å². The third-order valence-electron chi connectivity index (χ3n) is 7.00. The Hall–Kier alpha value is -4.00. The molecule has 0 atom stereocenters. The first-order valence-electron chi connectivity index (χ1n) is 11.8. The number of nitrogens with two attached hydrogens (primary N) is 2. The Balaban J connectivity index is 0.00000267. The van der Waals surface area contributed by atoms with Gasteiger partial charge in [-0.3, -0.25) is 4.79 Å². The van der Waals surface area contributed by atoms with Gasteiger partial charge in [0.25, 0.3) is 0 Å². The second-order valence-corrected chi connectivity index (χ2v) is 9.22. The van der Waals surface area contributed by atoms with Crippen LogP contribution in [0.25, 0.3) is 39.3 Å². The average Bonchev–Trinajstić information content (AvgIpc) is 3.30. The predicted octanol–water partition coefficient (Wildman–Crippen LogP) is 5.59. The van der Waals surface area contributed by atoms with E-state index >= 15 is 0 Å². The number of benzene rings is 3. The topological polar surface area (TPSA) is 99.3 Å². The van der Waals surface area contributed by atoms with Crippen molar-refractivity contribution in [1.82, 2.24) is 14.6 Å². The van der Waals surface area contributed by atoms with Crippen LogP contribution in [0.2, 0.25) is 0 Å². The van der Waals surface area contributed by atoms with Crippen molar-refractivity contribution >= 4 is 24.0 Å². The molecular formula is C29H26ClN5O. The Morgan fingerprint density at radius 1 is 0.861 bits per heavy atom. The molecule has 5 aromatic rings. The zero-order valence-electron chi connectivity index (χ0n) is 19.6. The van der Waals surface area contributed by atoms with Crippen LogP contribution in [0.5, 0.6) is 0 Å². The minimum atomic E-state index is -0.468. The van der Waals surface area contributed by atoms with Crippen molar-refractivity contribution in [1.29, 1.82) is 0 Å². The fourth-order valence-electron chi connectivity index (χ4n) is 4.80. The van der Waals surface area contributed by atoms with E-state index in [1.165, 1.54) is 12.0 Å². The van der Waals surface area contributed by atoms with E-state index in [1.807, 2.05) is 34.8 Å². The Morgan fingerprint density at radius 2 is 1.58 bits per heavy atom. The van der Waals surface area contributed by atoms with Crippen LogP contribution >= 0.6 is 12.4 Å². The fourth-order valence-corrected chi connectivity index (χ4v) is 4.80. The van der Waals surface area contributed by atoms with Crippen molar-refractivity contribution in [2.75, 3.05) is 0 Å². The molecule has 1 amide bonds. The highest BCUT2D eigenvalue weighted by Crippen LogP contribution is 2.40. The van der Waals surface area contributed by atoms with Gasteiger partial charge < -0.3 is 11.5 Å². The molecule has 1 aliphatic carbocycles. The summed E-state index contributed by atoms with van der Waals surface area (Å²) in [6.07, 6.45) is 5.00. The minimum Gasteiger partial charge on any atom is -0.366 e. The van der Waals surface area contributed by atoms with E-state index in [9.17, 15) is 4.79 Å². The quantitative estimate of drug-likeness (QED) is 0.332. The summed E-state index contributed by atoms with van der Waals surface area (Å²) in [5.41, 5.74) is 19.7. The third kappa shape index (κ3) is 4.04. The highest BCUT2D eigenvalue weighted by atomic mass is 35.5. The van der Waals surface area contributed by atoms with Crippen molar-refractivity contribution in [3.63, 3.8) is 0 Å². The van der Waals surface area contributed by atoms with E-state index in [1.54, 1.807) is 18.3 Å². The molecule has 0 saturated heterocycles. The molecule has 3 aromatic carbocycles. The summed E-state index contributed by atoms with van der Waals surface area (Å²) in [5.74, 6) is -0.468. The van der Waals surface area contributed by atoms with Crippen molar-refractivity contribution in [2.24, 2.45) is 11.5 Å². The number of primary amides is 1. The monoisotopic (exact) mass is 495 g/mol. The van der Waals surface area contributed by atoms with Crippen LogP contribution in [0, 0.1) is 0 Å². The number of hydrogen-bond donors (Lipinski definition) is 2. The molecule has 36 heavy (non-hydrogen) atoms. The SMILES string of the molecule is Cl.NC(=O)c1cccc(-c2cnc3cc(-c4ccccc4)c(-c4ccc(C5(N)CCC5)cc4)nn23)c1. The lowest BCUT2D eigenvalue weighted by Gasteiger charge is -2.38. The molecule has 1 aliphatic rings. The maximum absolute atomic E-state index is 11.7. The van der Waals surface area contributed by atoms with Gasteiger partial charge in [-0.05, 0) is 48.6 Å². The van der Waals surface area contributed by atoms with Crippen LogP contribution in [0.4, 0.5) is 0 Å². The summed E-state index contributed by atoms with van der Waals surface area (Å²) in [6, 6.07) is 27.9. The number of amides is 1. The van der Waals surface area contributed by atoms with Gasteiger partial charge in [0.05, 0.1) is 17.6 Å². The highest BCUT2D eigenvalue weighted by molar-refractivity contribution is 5.94. The van der Waals surface area contributed by atoms with Crippen LogP contribution in [-0.2, 0) is 5.54 Å². The van der Waals surface area contributed by atoms with Gasteiger partial charge in [0.15, 0.2) is 5.65 Å². The first kappa shape index (κ1) is 23.7. The smallest absolute Gasteiger partial charge is 0.248 e. The lowest BCUT2D eigenvalue weighted by Crippen LogP contribution is -2.43. The Morgan fingerprint density at radius 3 is 2.25 bits per heavy atom. The minimum absolute atomic E-state index is 0. The molecule has 0 aliphatic heterocycles. The molecule has 4 N–H and O–H groups in total. The van der Waals surface area contributed by atoms with Crippen LogP contribution in [0.1, 0.15) is 35.2 Å². The third-order valence-corrected chi connectivity index (χ3v) is 7.00. The molecule has 6 nitrogen and oxygen atoms in total. The summed E-state index contributed by atoms with van der Waals surface area (Å²) in [7, 11) is 0. The number of carbonyl (C=O) groups excluding carboxylic acids is 1. The molecular weight excluding hydrogens is 470 g/mol. The van der Waals surface area contributed by atoms with Crippen molar-refractivity contribution in [2.45, 2.75) is 24.8 Å². The second kappa shape index (κ2) is 9.22. The number of rotatable bonds is 5. The van der Waals surface area contributed by atoms with Gasteiger partial charge in [0.1, 0.15) is 0 Å². The maximum atomic E-state index is 11.7. The average molecular weight is 496 g/mol. The molecule has 0 spiro atoms. The van der Waals surface area contributed by atoms with Gasteiger partial charge in [-0.1, -0.05) is 66.7 Å². The predicted molar refractivity (Wildman–Crippen MR) is 145 cm³/mol. The fraction of sp³-hybridized carbons (Fsp3) is 0.138. The van der Waals surface area contributed by atoms with Gasteiger partial charge in [0, 0.05) is 27.8 Å². The Kier molecular flexibility index (Phi) is 6.08. The number of aromatic nitrogens is 3. The van der Waals surface area contributed by atoms with Crippen LogP contribution in [0.15, 0.2) is 91.1 Å². The molecule has 180 valence electrons. The van der Waals surface area contributed by atoms with E-state index in [0.29, 0.717) is 5.56 Å². The number of imidazole rings is 1. The summed E-state index contributed by atoms with van der Waals surface area (Å²) in [6.45, 7) is 0. The summed E-state index contributed by atoms with van der Waals surface area (Å²) in [4.78, 5) is 16.3. The molecule has 0 radical (unpaired) electrons. The van der Waals surface area contributed by atoms with E-state index in [-0.39, 0.29) is 17.9 Å². The van der Waals surface area contributed by atoms with Crippen LogP contribution < -0.4 is 11.5 Å². The Bertz CT molecular complexity index is 1560. The summed E-state index contributed by atoms with van der Waals surface area (Å²) in [5, 5.41) is 5.07. The molecule has 0 unspecified atom stereocenters. The van der Waals surface area contributed by atoms with Crippen LogP contribution in [-0.4, -0.2) is 20.5 Å². The second-order valence-electron chi connectivity index (χ2n) is 9.22. The molecule has 2 heterocycles. The first-order valence-corrected chi connectivity index (χ1v) is 11.8. The first-order chi connectivity index (χ1) is 17.0. The zero-order chi connectivity index (χ0) is 24.0. The van der Waals surface area contributed by atoms with E-state index in [2.05, 4.69) is 47.4 Å². The molecule has 7 heteroatoms. The van der Waals surface area contributed by atoms with Crippen molar-refractivity contribution in [3.05, 3.63) is 102 Å². The zero-order valence-corrected chi connectivity index (χ0v) is 20.4. The van der Waals surface area contributed by atoms with Gasteiger partial charge in [-0.2, -0.15) is 5.10 Å². The molecule has 1 saturated carbocycles. The van der Waals surface area contributed by atoms with Gasteiger partial charge in [-0.15, -0.1) is 12.4 Å².